The highest BCUT2D eigenvalue weighted by Gasteiger charge is 2.04. The number of rotatable bonds is 6. The first kappa shape index (κ1) is 15.6. The van der Waals surface area contributed by atoms with Gasteiger partial charge < -0.3 is 10.1 Å². The number of ether oxygens (including phenoxy) is 1. The molecule has 0 atom stereocenters. The summed E-state index contributed by atoms with van der Waals surface area (Å²) in [5.41, 5.74) is 4.02. The largest absolute Gasteiger partial charge is 0.380 e. The van der Waals surface area contributed by atoms with Crippen LogP contribution in [0.1, 0.15) is 23.6 Å². The maximum atomic E-state index is 8.87. The van der Waals surface area contributed by atoms with Crippen LogP contribution in [-0.4, -0.2) is 6.61 Å². The molecule has 0 aliphatic heterocycles. The van der Waals surface area contributed by atoms with Crippen LogP contribution in [0.4, 0.5) is 5.69 Å². The average Bonchev–Trinajstić information content (AvgIpc) is 2.52. The molecule has 0 radical (unpaired) electrons. The summed E-state index contributed by atoms with van der Waals surface area (Å²) >= 11 is 3.48. The van der Waals surface area contributed by atoms with E-state index in [2.05, 4.69) is 39.4 Å². The predicted octanol–water partition coefficient (Wildman–Crippen LogP) is 4.47. The number of nitriles is 1. The highest BCUT2D eigenvalue weighted by Crippen LogP contribution is 2.24. The minimum absolute atomic E-state index is 0.628. The second kappa shape index (κ2) is 7.82. The van der Waals surface area contributed by atoms with E-state index in [1.807, 2.05) is 31.2 Å². The predicted molar refractivity (Wildman–Crippen MR) is 88.0 cm³/mol. The zero-order chi connectivity index (χ0) is 15.1. The first-order valence-electron chi connectivity index (χ1n) is 6.82. The maximum absolute atomic E-state index is 8.87. The van der Waals surface area contributed by atoms with Gasteiger partial charge in [-0.2, -0.15) is 5.26 Å². The third kappa shape index (κ3) is 4.32. The molecular weight excluding hydrogens is 328 g/mol. The quantitative estimate of drug-likeness (QED) is 0.840. The summed E-state index contributed by atoms with van der Waals surface area (Å²) in [6, 6.07) is 15.9. The highest BCUT2D eigenvalue weighted by atomic mass is 79.9. The fourth-order valence-corrected chi connectivity index (χ4v) is 2.52. The van der Waals surface area contributed by atoms with Gasteiger partial charge in [0.15, 0.2) is 0 Å². The molecular formula is C17H17BrN2O. The number of hydrogen-bond acceptors (Lipinski definition) is 3. The molecule has 0 fully saturated rings. The molecule has 0 bridgehead atoms. The number of hydrogen-bond donors (Lipinski definition) is 1. The second-order valence-corrected chi connectivity index (χ2v) is 5.42. The molecule has 0 saturated carbocycles. The Balaban J connectivity index is 2.08. The Morgan fingerprint density at radius 2 is 1.95 bits per heavy atom. The van der Waals surface area contributed by atoms with Crippen molar-refractivity contribution in [3.63, 3.8) is 0 Å². The summed E-state index contributed by atoms with van der Waals surface area (Å²) < 4.78 is 6.39. The van der Waals surface area contributed by atoms with Crippen LogP contribution in [0.3, 0.4) is 0 Å². The van der Waals surface area contributed by atoms with Crippen molar-refractivity contribution in [2.45, 2.75) is 20.1 Å². The SMILES string of the molecule is CCOCc1ccccc1CNc1ccc(C#N)cc1Br. The van der Waals surface area contributed by atoms with Crippen molar-refractivity contribution in [1.82, 2.24) is 0 Å². The molecule has 4 heteroatoms. The molecule has 2 aromatic carbocycles. The van der Waals surface area contributed by atoms with Gasteiger partial charge >= 0.3 is 0 Å². The molecule has 0 unspecified atom stereocenters. The summed E-state index contributed by atoms with van der Waals surface area (Å²) in [6.07, 6.45) is 0. The molecule has 0 spiro atoms. The molecule has 1 N–H and O–H groups in total. The second-order valence-electron chi connectivity index (χ2n) is 4.57. The van der Waals surface area contributed by atoms with Crippen molar-refractivity contribution >= 4 is 21.6 Å². The molecule has 0 aromatic heterocycles. The third-order valence-electron chi connectivity index (χ3n) is 3.15. The van der Waals surface area contributed by atoms with Crippen LogP contribution in [-0.2, 0) is 17.9 Å². The number of nitrogens with zero attached hydrogens (tertiary/aromatic N) is 1. The average molecular weight is 345 g/mol. The van der Waals surface area contributed by atoms with Gasteiger partial charge in [-0.05, 0) is 52.2 Å². The normalized spacial score (nSPS) is 10.1. The van der Waals surface area contributed by atoms with E-state index in [0.29, 0.717) is 25.3 Å². The zero-order valence-corrected chi connectivity index (χ0v) is 13.5. The Morgan fingerprint density at radius 3 is 2.62 bits per heavy atom. The van der Waals surface area contributed by atoms with Crippen molar-refractivity contribution in [2.24, 2.45) is 0 Å². The summed E-state index contributed by atoms with van der Waals surface area (Å²) in [7, 11) is 0. The van der Waals surface area contributed by atoms with Crippen molar-refractivity contribution < 1.29 is 4.74 Å². The maximum Gasteiger partial charge on any atom is 0.0992 e. The molecule has 21 heavy (non-hydrogen) atoms. The van der Waals surface area contributed by atoms with Crippen molar-refractivity contribution in [3.8, 4) is 6.07 Å². The van der Waals surface area contributed by atoms with Gasteiger partial charge in [0.05, 0.1) is 18.2 Å². The third-order valence-corrected chi connectivity index (χ3v) is 3.80. The molecule has 0 saturated heterocycles. The van der Waals surface area contributed by atoms with Crippen molar-refractivity contribution in [2.75, 3.05) is 11.9 Å². The molecule has 2 aromatic rings. The Morgan fingerprint density at radius 1 is 1.19 bits per heavy atom. The van der Waals surface area contributed by atoms with Gasteiger partial charge in [0.2, 0.25) is 0 Å². The zero-order valence-electron chi connectivity index (χ0n) is 11.9. The van der Waals surface area contributed by atoms with E-state index in [0.717, 1.165) is 10.2 Å². The fraction of sp³-hybridized carbons (Fsp3) is 0.235. The molecule has 0 amide bonds. The number of halogens is 1. The lowest BCUT2D eigenvalue weighted by molar-refractivity contribution is 0.133. The van der Waals surface area contributed by atoms with E-state index in [1.54, 1.807) is 6.07 Å². The van der Waals surface area contributed by atoms with E-state index in [9.17, 15) is 0 Å². The van der Waals surface area contributed by atoms with Gasteiger partial charge in [-0.25, -0.2) is 0 Å². The summed E-state index contributed by atoms with van der Waals surface area (Å²) in [6.45, 7) is 4.05. The lowest BCUT2D eigenvalue weighted by Crippen LogP contribution is -2.04. The fourth-order valence-electron chi connectivity index (χ4n) is 2.00. The molecule has 108 valence electrons. The first-order valence-corrected chi connectivity index (χ1v) is 7.62. The summed E-state index contributed by atoms with van der Waals surface area (Å²) in [5.74, 6) is 0. The lowest BCUT2D eigenvalue weighted by atomic mass is 10.1. The van der Waals surface area contributed by atoms with E-state index in [-0.39, 0.29) is 0 Å². The van der Waals surface area contributed by atoms with Gasteiger partial charge in [-0.15, -0.1) is 0 Å². The minimum atomic E-state index is 0.628. The molecule has 0 heterocycles. The van der Waals surface area contributed by atoms with E-state index < -0.39 is 0 Å². The molecule has 0 aliphatic carbocycles. The van der Waals surface area contributed by atoms with Crippen LogP contribution in [0, 0.1) is 11.3 Å². The van der Waals surface area contributed by atoms with Crippen molar-refractivity contribution in [1.29, 1.82) is 5.26 Å². The van der Waals surface area contributed by atoms with Crippen LogP contribution in [0.2, 0.25) is 0 Å². The molecule has 3 nitrogen and oxygen atoms in total. The number of benzene rings is 2. The van der Waals surface area contributed by atoms with Crippen LogP contribution >= 0.6 is 15.9 Å². The topological polar surface area (TPSA) is 45.0 Å². The van der Waals surface area contributed by atoms with Crippen LogP contribution in [0.5, 0.6) is 0 Å². The Kier molecular flexibility index (Phi) is 5.79. The smallest absolute Gasteiger partial charge is 0.0992 e. The van der Waals surface area contributed by atoms with Crippen LogP contribution < -0.4 is 5.32 Å². The number of anilines is 1. The monoisotopic (exact) mass is 344 g/mol. The lowest BCUT2D eigenvalue weighted by Gasteiger charge is -2.12. The van der Waals surface area contributed by atoms with Gasteiger partial charge in [0.1, 0.15) is 0 Å². The molecule has 0 aliphatic rings. The Labute approximate surface area is 133 Å². The van der Waals surface area contributed by atoms with Gasteiger partial charge in [-0.3, -0.25) is 0 Å². The summed E-state index contributed by atoms with van der Waals surface area (Å²) in [5, 5.41) is 12.3. The van der Waals surface area contributed by atoms with Gasteiger partial charge in [0.25, 0.3) is 0 Å². The standard InChI is InChI=1S/C17H17BrN2O/c1-2-21-12-15-6-4-3-5-14(15)11-20-17-8-7-13(10-19)9-16(17)18/h3-9,20H,2,11-12H2,1H3. The Hall–Kier alpha value is -1.83. The summed E-state index contributed by atoms with van der Waals surface area (Å²) in [4.78, 5) is 0. The van der Waals surface area contributed by atoms with Crippen molar-refractivity contribution in [3.05, 3.63) is 63.6 Å². The van der Waals surface area contributed by atoms with E-state index in [4.69, 9.17) is 10.00 Å². The van der Waals surface area contributed by atoms with E-state index in [1.165, 1.54) is 11.1 Å². The van der Waals surface area contributed by atoms with Crippen LogP contribution in [0.15, 0.2) is 46.9 Å². The molecule has 2 rings (SSSR count). The Bertz CT molecular complexity index is 649. The van der Waals surface area contributed by atoms with Gasteiger partial charge in [0, 0.05) is 23.3 Å². The first-order chi connectivity index (χ1) is 10.2. The number of nitrogens with one attached hydrogen (secondary N) is 1. The van der Waals surface area contributed by atoms with E-state index >= 15 is 0 Å². The highest BCUT2D eigenvalue weighted by molar-refractivity contribution is 9.10. The minimum Gasteiger partial charge on any atom is -0.380 e. The van der Waals surface area contributed by atoms with Crippen LogP contribution in [0.25, 0.3) is 0 Å². The van der Waals surface area contributed by atoms with Gasteiger partial charge in [-0.1, -0.05) is 24.3 Å².